The molecular formula is C28H33BrN4O5. The number of halogens is 1. The largest absolute Gasteiger partial charge is 0.490 e. The normalized spacial score (nSPS) is 14.8. The summed E-state index contributed by atoms with van der Waals surface area (Å²) in [6, 6.07) is 8.47. The number of aromatic nitrogens is 2. The molecule has 1 aliphatic rings. The van der Waals surface area contributed by atoms with E-state index in [-0.39, 0.29) is 40.7 Å². The maximum atomic E-state index is 13.6. The van der Waals surface area contributed by atoms with Gasteiger partial charge in [-0.05, 0) is 49.4 Å². The monoisotopic (exact) mass is 584 g/mol. The van der Waals surface area contributed by atoms with Crippen LogP contribution in [0.25, 0.3) is 10.9 Å². The SMILES string of the molecule is CCOc1cc(C=Nn2c(C3CCCCC3)nc3ccc(Br)cc3c2=O)cc([N+](=O)[O-])c1OCC(C)(C)C. The summed E-state index contributed by atoms with van der Waals surface area (Å²) in [5.74, 6) is 1.07. The highest BCUT2D eigenvalue weighted by atomic mass is 79.9. The molecule has 0 radical (unpaired) electrons. The summed E-state index contributed by atoms with van der Waals surface area (Å²) < 4.78 is 13.7. The Morgan fingerprint density at radius 2 is 1.92 bits per heavy atom. The first-order valence-electron chi connectivity index (χ1n) is 12.9. The Balaban J connectivity index is 1.82. The van der Waals surface area contributed by atoms with Crippen molar-refractivity contribution in [2.24, 2.45) is 10.5 Å². The molecule has 0 amide bonds. The zero-order valence-corrected chi connectivity index (χ0v) is 23.8. The average Bonchev–Trinajstić information content (AvgIpc) is 2.87. The van der Waals surface area contributed by atoms with E-state index in [1.165, 1.54) is 17.0 Å². The highest BCUT2D eigenvalue weighted by Crippen LogP contribution is 2.39. The fraction of sp³-hybridized carbons (Fsp3) is 0.464. The number of hydrogen-bond acceptors (Lipinski definition) is 7. The Morgan fingerprint density at radius 1 is 1.18 bits per heavy atom. The lowest BCUT2D eigenvalue weighted by molar-refractivity contribution is -0.386. The van der Waals surface area contributed by atoms with Crippen molar-refractivity contribution in [3.8, 4) is 11.5 Å². The zero-order chi connectivity index (χ0) is 27.4. The highest BCUT2D eigenvalue weighted by Gasteiger charge is 2.25. The van der Waals surface area contributed by atoms with Crippen LogP contribution in [-0.2, 0) is 0 Å². The molecule has 0 bridgehead atoms. The minimum Gasteiger partial charge on any atom is -0.490 e. The van der Waals surface area contributed by atoms with Gasteiger partial charge in [0.05, 0.1) is 35.3 Å². The van der Waals surface area contributed by atoms with E-state index in [4.69, 9.17) is 14.5 Å². The molecule has 0 N–H and O–H groups in total. The number of nitrogens with zero attached hydrogens (tertiary/aromatic N) is 4. The maximum absolute atomic E-state index is 13.6. The summed E-state index contributed by atoms with van der Waals surface area (Å²) >= 11 is 3.43. The average molecular weight is 585 g/mol. The lowest BCUT2D eigenvalue weighted by Crippen LogP contribution is -2.25. The molecule has 0 unspecified atom stereocenters. The van der Waals surface area contributed by atoms with Gasteiger partial charge in [0, 0.05) is 22.0 Å². The standard InChI is InChI=1S/C28H33BrN4O5/c1-5-37-24-14-18(13-23(33(35)36)25(24)38-17-28(2,3)4)16-30-32-26(19-9-7-6-8-10-19)31-22-12-11-20(29)15-21(22)27(32)34/h11-16,19H,5-10,17H2,1-4H3. The van der Waals surface area contributed by atoms with Crippen LogP contribution in [0.1, 0.15) is 77.1 Å². The molecule has 202 valence electrons. The Hall–Kier alpha value is -3.27. The van der Waals surface area contributed by atoms with Crippen molar-refractivity contribution < 1.29 is 14.4 Å². The molecular weight excluding hydrogens is 552 g/mol. The Kier molecular flexibility index (Phi) is 8.50. The number of fused-ring (bicyclic) bond motifs is 1. The fourth-order valence-electron chi connectivity index (χ4n) is 4.54. The quantitative estimate of drug-likeness (QED) is 0.163. The van der Waals surface area contributed by atoms with Gasteiger partial charge in [-0.15, -0.1) is 0 Å². The first kappa shape index (κ1) is 27.8. The van der Waals surface area contributed by atoms with Gasteiger partial charge in [0.2, 0.25) is 5.75 Å². The molecule has 9 nitrogen and oxygen atoms in total. The van der Waals surface area contributed by atoms with Gasteiger partial charge in [-0.25, -0.2) is 4.98 Å². The van der Waals surface area contributed by atoms with Crippen LogP contribution in [0.4, 0.5) is 5.69 Å². The molecule has 1 aliphatic carbocycles. The van der Waals surface area contributed by atoms with Gasteiger partial charge in [-0.2, -0.15) is 9.78 Å². The van der Waals surface area contributed by atoms with Gasteiger partial charge in [0.1, 0.15) is 5.82 Å². The van der Waals surface area contributed by atoms with Gasteiger partial charge in [-0.3, -0.25) is 14.9 Å². The van der Waals surface area contributed by atoms with Crippen LogP contribution in [0.5, 0.6) is 11.5 Å². The van der Waals surface area contributed by atoms with Crippen molar-refractivity contribution in [3.05, 3.63) is 66.7 Å². The number of benzene rings is 2. The molecule has 0 atom stereocenters. The third-order valence-corrected chi connectivity index (χ3v) is 6.82. The summed E-state index contributed by atoms with van der Waals surface area (Å²) in [5, 5.41) is 17.0. The molecule has 0 saturated heterocycles. The van der Waals surface area contributed by atoms with Crippen molar-refractivity contribution in [2.75, 3.05) is 13.2 Å². The molecule has 38 heavy (non-hydrogen) atoms. The number of rotatable bonds is 8. The van der Waals surface area contributed by atoms with Crippen molar-refractivity contribution in [3.63, 3.8) is 0 Å². The van der Waals surface area contributed by atoms with Gasteiger partial charge in [-0.1, -0.05) is 56.0 Å². The third kappa shape index (κ3) is 6.40. The molecule has 2 aromatic carbocycles. The minimum absolute atomic E-state index is 0.0845. The van der Waals surface area contributed by atoms with Crippen molar-refractivity contribution in [1.82, 2.24) is 9.66 Å². The van der Waals surface area contributed by atoms with E-state index in [0.29, 0.717) is 28.9 Å². The minimum atomic E-state index is -0.493. The van der Waals surface area contributed by atoms with E-state index in [9.17, 15) is 14.9 Å². The second-order valence-corrected chi connectivity index (χ2v) is 11.7. The van der Waals surface area contributed by atoms with Crippen LogP contribution < -0.4 is 15.0 Å². The second kappa shape index (κ2) is 11.6. The smallest absolute Gasteiger partial charge is 0.315 e. The van der Waals surface area contributed by atoms with Gasteiger partial charge < -0.3 is 9.47 Å². The van der Waals surface area contributed by atoms with Gasteiger partial charge >= 0.3 is 5.69 Å². The van der Waals surface area contributed by atoms with Crippen LogP contribution >= 0.6 is 15.9 Å². The third-order valence-electron chi connectivity index (χ3n) is 6.33. The number of nitro benzene ring substituents is 1. The van der Waals surface area contributed by atoms with E-state index < -0.39 is 4.92 Å². The van der Waals surface area contributed by atoms with Crippen LogP contribution in [0.2, 0.25) is 0 Å². The summed E-state index contributed by atoms with van der Waals surface area (Å²) in [5.41, 5.74) is 0.338. The molecule has 10 heteroatoms. The molecule has 0 spiro atoms. The lowest BCUT2D eigenvalue weighted by atomic mass is 9.88. The Bertz CT molecular complexity index is 1420. The zero-order valence-electron chi connectivity index (χ0n) is 22.2. The summed E-state index contributed by atoms with van der Waals surface area (Å²) in [6.45, 7) is 8.33. The number of ether oxygens (including phenoxy) is 2. The van der Waals surface area contributed by atoms with E-state index in [1.807, 2.05) is 32.9 Å². The molecule has 4 rings (SSSR count). The number of nitro groups is 1. The van der Waals surface area contributed by atoms with Crippen LogP contribution in [0.3, 0.4) is 0 Å². The molecule has 1 heterocycles. The first-order valence-corrected chi connectivity index (χ1v) is 13.7. The summed E-state index contributed by atoms with van der Waals surface area (Å²) in [7, 11) is 0. The van der Waals surface area contributed by atoms with Crippen molar-refractivity contribution >= 4 is 38.7 Å². The predicted molar refractivity (Wildman–Crippen MR) is 152 cm³/mol. The summed E-state index contributed by atoms with van der Waals surface area (Å²) in [6.07, 6.45) is 6.62. The van der Waals surface area contributed by atoms with Crippen molar-refractivity contribution in [2.45, 2.75) is 65.7 Å². The summed E-state index contributed by atoms with van der Waals surface area (Å²) in [4.78, 5) is 29.9. The topological polar surface area (TPSA) is 109 Å². The first-order chi connectivity index (χ1) is 18.1. The molecule has 0 aliphatic heterocycles. The van der Waals surface area contributed by atoms with Crippen LogP contribution in [-0.4, -0.2) is 34.0 Å². The van der Waals surface area contributed by atoms with Crippen LogP contribution in [0, 0.1) is 15.5 Å². The van der Waals surface area contributed by atoms with Crippen molar-refractivity contribution in [1.29, 1.82) is 0 Å². The fourth-order valence-corrected chi connectivity index (χ4v) is 4.90. The molecule has 3 aromatic rings. The molecule has 1 aromatic heterocycles. The molecule has 1 fully saturated rings. The number of hydrogen-bond donors (Lipinski definition) is 0. The van der Waals surface area contributed by atoms with E-state index in [2.05, 4.69) is 21.0 Å². The van der Waals surface area contributed by atoms with Crippen LogP contribution in [0.15, 0.2) is 44.7 Å². The Morgan fingerprint density at radius 3 is 2.58 bits per heavy atom. The predicted octanol–water partition coefficient (Wildman–Crippen LogP) is 6.82. The van der Waals surface area contributed by atoms with E-state index in [1.54, 1.807) is 19.1 Å². The van der Waals surface area contributed by atoms with E-state index >= 15 is 0 Å². The Labute approximate surface area is 230 Å². The highest BCUT2D eigenvalue weighted by molar-refractivity contribution is 9.10. The molecule has 1 saturated carbocycles. The van der Waals surface area contributed by atoms with Gasteiger partial charge in [0.15, 0.2) is 5.75 Å². The maximum Gasteiger partial charge on any atom is 0.315 e. The van der Waals surface area contributed by atoms with E-state index in [0.717, 1.165) is 36.6 Å². The van der Waals surface area contributed by atoms with Gasteiger partial charge in [0.25, 0.3) is 5.56 Å². The second-order valence-electron chi connectivity index (χ2n) is 10.7. The lowest BCUT2D eigenvalue weighted by Gasteiger charge is -2.22.